The van der Waals surface area contributed by atoms with Gasteiger partial charge in [-0.1, -0.05) is 40.2 Å². The van der Waals surface area contributed by atoms with Crippen LogP contribution in [0.15, 0.2) is 53.0 Å². The normalized spacial score (nSPS) is 16.7. The zero-order valence-corrected chi connectivity index (χ0v) is 14.9. The van der Waals surface area contributed by atoms with E-state index in [1.54, 1.807) is 12.1 Å². The minimum absolute atomic E-state index is 0.288. The first-order valence-electron chi connectivity index (χ1n) is 7.75. The van der Waals surface area contributed by atoms with Crippen LogP contribution in [0.4, 0.5) is 4.39 Å². The Morgan fingerprint density at radius 3 is 2.64 bits per heavy atom. The summed E-state index contributed by atoms with van der Waals surface area (Å²) in [5.41, 5.74) is 7.76. The van der Waals surface area contributed by atoms with Gasteiger partial charge in [0.25, 0.3) is 0 Å². The highest BCUT2D eigenvalue weighted by atomic mass is 79.9. The topological polar surface area (TPSA) is 63.4 Å². The molecule has 0 saturated carbocycles. The summed E-state index contributed by atoms with van der Waals surface area (Å²) in [5.74, 6) is -1.36. The second-order valence-electron chi connectivity index (χ2n) is 5.86. The first-order valence-corrected chi connectivity index (χ1v) is 8.55. The van der Waals surface area contributed by atoms with E-state index in [9.17, 15) is 14.0 Å². The van der Waals surface area contributed by atoms with Crippen LogP contribution in [0.5, 0.6) is 0 Å². The molecule has 4 nitrogen and oxygen atoms in total. The first kappa shape index (κ1) is 17.4. The number of fused-ring (bicyclic) bond motifs is 1. The molecule has 2 aromatic carbocycles. The molecule has 2 amide bonds. The summed E-state index contributed by atoms with van der Waals surface area (Å²) in [7, 11) is 0. The van der Waals surface area contributed by atoms with Gasteiger partial charge in [0, 0.05) is 29.1 Å². The highest BCUT2D eigenvalue weighted by Crippen LogP contribution is 2.24. The summed E-state index contributed by atoms with van der Waals surface area (Å²) in [6, 6.07) is 11.4. The number of halogens is 2. The molecule has 2 aromatic rings. The lowest BCUT2D eigenvalue weighted by Crippen LogP contribution is -2.50. The summed E-state index contributed by atoms with van der Waals surface area (Å²) in [4.78, 5) is 25.8. The van der Waals surface area contributed by atoms with E-state index in [0.29, 0.717) is 17.4 Å². The number of hydrogen-bond donors (Lipinski definition) is 1. The summed E-state index contributed by atoms with van der Waals surface area (Å²) < 4.78 is 14.5. The molecule has 25 heavy (non-hydrogen) atoms. The Morgan fingerprint density at radius 1 is 1.20 bits per heavy atom. The van der Waals surface area contributed by atoms with E-state index in [1.807, 2.05) is 24.3 Å². The predicted molar refractivity (Wildman–Crippen MR) is 96.8 cm³/mol. The number of primary amides is 1. The van der Waals surface area contributed by atoms with Gasteiger partial charge in [0.15, 0.2) is 0 Å². The van der Waals surface area contributed by atoms with Crippen LogP contribution in [0.2, 0.25) is 0 Å². The van der Waals surface area contributed by atoms with E-state index in [1.165, 1.54) is 23.1 Å². The van der Waals surface area contributed by atoms with Gasteiger partial charge < -0.3 is 10.6 Å². The third-order valence-electron chi connectivity index (χ3n) is 4.22. The van der Waals surface area contributed by atoms with Crippen molar-refractivity contribution in [3.05, 3.63) is 75.5 Å². The van der Waals surface area contributed by atoms with Gasteiger partial charge in [-0.05, 0) is 35.4 Å². The molecule has 0 bridgehead atoms. The number of rotatable bonds is 3. The largest absolute Gasteiger partial charge is 0.368 e. The number of nitrogens with zero attached hydrogens (tertiary/aromatic N) is 1. The number of carbonyl (C=O) groups excluding carboxylic acids is 2. The molecule has 1 aliphatic heterocycles. The van der Waals surface area contributed by atoms with Crippen LogP contribution >= 0.6 is 15.9 Å². The molecule has 0 aromatic heterocycles. The SMILES string of the molecule is NC(=O)[C@H]1Cc2ccccc2CN1C(=O)/C=C/c1cc(Br)ccc1F. The second-order valence-corrected chi connectivity index (χ2v) is 6.77. The fourth-order valence-corrected chi connectivity index (χ4v) is 3.29. The van der Waals surface area contributed by atoms with Crippen molar-refractivity contribution in [1.82, 2.24) is 4.90 Å². The fourth-order valence-electron chi connectivity index (χ4n) is 2.91. The number of carbonyl (C=O) groups is 2. The summed E-state index contributed by atoms with van der Waals surface area (Å²) in [6.45, 7) is 0.300. The molecule has 2 N–H and O–H groups in total. The number of amides is 2. The molecule has 1 heterocycles. The maximum atomic E-state index is 13.8. The lowest BCUT2D eigenvalue weighted by Gasteiger charge is -2.34. The Kier molecular flexibility index (Phi) is 4.99. The van der Waals surface area contributed by atoms with Crippen molar-refractivity contribution in [2.24, 2.45) is 5.73 Å². The Morgan fingerprint density at radius 2 is 1.92 bits per heavy atom. The van der Waals surface area contributed by atoms with Gasteiger partial charge in [0.05, 0.1) is 0 Å². The lowest BCUT2D eigenvalue weighted by atomic mass is 9.93. The van der Waals surface area contributed by atoms with Crippen LogP contribution in [-0.4, -0.2) is 22.8 Å². The van der Waals surface area contributed by atoms with Gasteiger partial charge in [0.2, 0.25) is 11.8 Å². The summed E-state index contributed by atoms with van der Waals surface area (Å²) in [5, 5.41) is 0. The molecule has 128 valence electrons. The van der Waals surface area contributed by atoms with Crippen molar-refractivity contribution in [1.29, 1.82) is 0 Å². The lowest BCUT2D eigenvalue weighted by molar-refractivity contribution is -0.136. The van der Waals surface area contributed by atoms with E-state index in [0.717, 1.165) is 11.1 Å². The smallest absolute Gasteiger partial charge is 0.247 e. The van der Waals surface area contributed by atoms with Crippen molar-refractivity contribution < 1.29 is 14.0 Å². The van der Waals surface area contributed by atoms with Crippen LogP contribution in [0.25, 0.3) is 6.08 Å². The Bertz CT molecular complexity index is 866. The Labute approximate surface area is 153 Å². The van der Waals surface area contributed by atoms with Gasteiger partial charge in [-0.3, -0.25) is 9.59 Å². The van der Waals surface area contributed by atoms with Crippen LogP contribution in [-0.2, 0) is 22.6 Å². The minimum atomic E-state index is -0.709. The standard InChI is InChI=1S/C19H16BrFN2O2/c20-15-6-7-16(21)13(9-15)5-8-18(24)23-11-14-4-2-1-3-12(14)10-17(23)19(22)25/h1-9,17H,10-11H2,(H2,22,25)/b8-5+/t17-/m1/s1. The van der Waals surface area contributed by atoms with Gasteiger partial charge in [-0.15, -0.1) is 0 Å². The maximum absolute atomic E-state index is 13.8. The molecule has 0 aliphatic carbocycles. The van der Waals surface area contributed by atoms with E-state index in [4.69, 9.17) is 5.73 Å². The molecule has 1 aliphatic rings. The molecule has 0 unspecified atom stereocenters. The van der Waals surface area contributed by atoms with Crippen LogP contribution < -0.4 is 5.73 Å². The molecule has 6 heteroatoms. The Hall–Kier alpha value is -2.47. The summed E-state index contributed by atoms with van der Waals surface area (Å²) in [6.07, 6.45) is 3.06. The number of benzene rings is 2. The molecule has 0 saturated heterocycles. The minimum Gasteiger partial charge on any atom is -0.368 e. The fraction of sp³-hybridized carbons (Fsp3) is 0.158. The van der Waals surface area contributed by atoms with Gasteiger partial charge >= 0.3 is 0 Å². The average molecular weight is 403 g/mol. The molecular weight excluding hydrogens is 387 g/mol. The van der Waals surface area contributed by atoms with Crippen molar-refractivity contribution in [2.45, 2.75) is 19.0 Å². The van der Waals surface area contributed by atoms with Gasteiger partial charge in [-0.25, -0.2) is 4.39 Å². The molecule has 0 radical (unpaired) electrons. The van der Waals surface area contributed by atoms with Crippen LogP contribution in [0.1, 0.15) is 16.7 Å². The zero-order valence-electron chi connectivity index (χ0n) is 13.3. The molecule has 0 fully saturated rings. The zero-order chi connectivity index (χ0) is 18.0. The number of hydrogen-bond acceptors (Lipinski definition) is 2. The van der Waals surface area contributed by atoms with E-state index in [-0.39, 0.29) is 11.5 Å². The molecular formula is C19H16BrFN2O2. The van der Waals surface area contributed by atoms with Crippen LogP contribution in [0, 0.1) is 5.82 Å². The van der Waals surface area contributed by atoms with Crippen molar-refractivity contribution in [3.63, 3.8) is 0 Å². The van der Waals surface area contributed by atoms with Crippen molar-refractivity contribution in [3.8, 4) is 0 Å². The third-order valence-corrected chi connectivity index (χ3v) is 4.72. The number of nitrogens with two attached hydrogens (primary N) is 1. The summed E-state index contributed by atoms with van der Waals surface area (Å²) >= 11 is 3.27. The molecule has 0 spiro atoms. The second kappa shape index (κ2) is 7.19. The maximum Gasteiger partial charge on any atom is 0.247 e. The first-order chi connectivity index (χ1) is 12.0. The molecule has 3 rings (SSSR count). The van der Waals surface area contributed by atoms with E-state index >= 15 is 0 Å². The van der Waals surface area contributed by atoms with Crippen molar-refractivity contribution in [2.75, 3.05) is 0 Å². The van der Waals surface area contributed by atoms with E-state index in [2.05, 4.69) is 15.9 Å². The van der Waals surface area contributed by atoms with E-state index < -0.39 is 17.8 Å². The molecule has 1 atom stereocenters. The van der Waals surface area contributed by atoms with Crippen LogP contribution in [0.3, 0.4) is 0 Å². The highest BCUT2D eigenvalue weighted by molar-refractivity contribution is 9.10. The monoisotopic (exact) mass is 402 g/mol. The average Bonchev–Trinajstić information content (AvgIpc) is 2.61. The Balaban J connectivity index is 1.86. The predicted octanol–water partition coefficient (Wildman–Crippen LogP) is 3.04. The quantitative estimate of drug-likeness (QED) is 0.801. The third kappa shape index (κ3) is 3.79. The van der Waals surface area contributed by atoms with Gasteiger partial charge in [0.1, 0.15) is 11.9 Å². The highest BCUT2D eigenvalue weighted by Gasteiger charge is 2.32. The van der Waals surface area contributed by atoms with Crippen molar-refractivity contribution >= 4 is 33.8 Å². The van der Waals surface area contributed by atoms with Gasteiger partial charge in [-0.2, -0.15) is 0 Å².